The van der Waals surface area contributed by atoms with Crippen LogP contribution in [-0.2, 0) is 17.6 Å². The minimum Gasteiger partial charge on any atom is -0.297 e. The van der Waals surface area contributed by atoms with E-state index in [9.17, 15) is 4.79 Å². The monoisotopic (exact) mass is 406 g/mol. The number of rotatable bonds is 6. The Kier molecular flexibility index (Phi) is 5.60. The number of hydrogen-bond donors (Lipinski definition) is 0. The third kappa shape index (κ3) is 4.02. The van der Waals surface area contributed by atoms with Crippen molar-refractivity contribution in [2.24, 2.45) is 0 Å². The van der Waals surface area contributed by atoms with Crippen LogP contribution in [0.25, 0.3) is 0 Å². The Morgan fingerprint density at radius 3 is 1.78 bits per heavy atom. The lowest BCUT2D eigenvalue weighted by Gasteiger charge is -2.12. The van der Waals surface area contributed by atoms with Crippen LogP contribution >= 0.6 is 54.5 Å². The average Bonchev–Trinajstić information content (AvgIpc) is 3.01. The normalized spacial score (nSPS) is 14.3. The highest BCUT2D eigenvalue weighted by atomic mass is 79.9. The van der Waals surface area contributed by atoms with Gasteiger partial charge in [-0.3, -0.25) is 4.79 Å². The van der Waals surface area contributed by atoms with E-state index in [1.165, 1.54) is 9.75 Å². The van der Waals surface area contributed by atoms with Gasteiger partial charge < -0.3 is 0 Å². The molecule has 2 unspecified atom stereocenters. The minimum absolute atomic E-state index is 0.111. The fraction of sp³-hybridized carbons (Fsp3) is 0.308. The smallest absolute Gasteiger partial charge is 0.160 e. The summed E-state index contributed by atoms with van der Waals surface area (Å²) in [5, 5.41) is 4.08. The first-order valence-corrected chi connectivity index (χ1v) is 9.12. The molecule has 5 heteroatoms. The van der Waals surface area contributed by atoms with Crippen molar-refractivity contribution in [3.8, 4) is 0 Å². The van der Waals surface area contributed by atoms with Crippen LogP contribution in [0.1, 0.15) is 9.75 Å². The Bertz CT molecular complexity index is 435. The first kappa shape index (κ1) is 14.4. The molecular weight excluding hydrogens is 396 g/mol. The van der Waals surface area contributed by atoms with Crippen molar-refractivity contribution in [3.05, 3.63) is 44.8 Å². The first-order chi connectivity index (χ1) is 8.66. The molecule has 0 aliphatic heterocycles. The summed E-state index contributed by atoms with van der Waals surface area (Å²) in [6, 6.07) is 8.16. The van der Waals surface area contributed by atoms with Crippen molar-refractivity contribution in [3.63, 3.8) is 0 Å². The van der Waals surface area contributed by atoms with Crippen molar-refractivity contribution < 1.29 is 4.79 Å². The molecule has 2 heterocycles. The number of hydrogen-bond acceptors (Lipinski definition) is 3. The molecule has 2 rings (SSSR count). The third-order valence-electron chi connectivity index (χ3n) is 2.54. The maximum absolute atomic E-state index is 12.2. The molecule has 0 spiro atoms. The lowest BCUT2D eigenvalue weighted by atomic mass is 10.1. The highest BCUT2D eigenvalue weighted by molar-refractivity contribution is 9.10. The fourth-order valence-corrected chi connectivity index (χ4v) is 5.23. The van der Waals surface area contributed by atoms with E-state index in [1.807, 2.05) is 22.9 Å². The second-order valence-corrected chi connectivity index (χ2v) is 8.18. The SMILES string of the molecule is O=C(C(Br)Cc1cccs1)C(Br)Cc1cccs1. The van der Waals surface area contributed by atoms with Gasteiger partial charge in [0, 0.05) is 22.6 Å². The Morgan fingerprint density at radius 1 is 1.00 bits per heavy atom. The molecule has 2 aromatic heterocycles. The van der Waals surface area contributed by atoms with Gasteiger partial charge in [-0.25, -0.2) is 0 Å². The number of Topliss-reactive ketones (excluding diaryl/α,β-unsaturated/α-hetero) is 1. The summed E-state index contributed by atoms with van der Waals surface area (Å²) in [5.41, 5.74) is 0. The second-order valence-electron chi connectivity index (χ2n) is 3.90. The molecule has 0 amide bonds. The quantitative estimate of drug-likeness (QED) is 0.634. The summed E-state index contributed by atoms with van der Waals surface area (Å²) >= 11 is 10.4. The van der Waals surface area contributed by atoms with Gasteiger partial charge in [0.25, 0.3) is 0 Å². The molecule has 2 atom stereocenters. The van der Waals surface area contributed by atoms with Crippen LogP contribution in [0.4, 0.5) is 0 Å². The average molecular weight is 408 g/mol. The van der Waals surface area contributed by atoms with E-state index >= 15 is 0 Å². The second kappa shape index (κ2) is 6.98. The van der Waals surface area contributed by atoms with E-state index in [2.05, 4.69) is 44.0 Å². The van der Waals surface area contributed by atoms with Crippen LogP contribution in [0.5, 0.6) is 0 Å². The molecule has 0 aromatic carbocycles. The van der Waals surface area contributed by atoms with Gasteiger partial charge >= 0.3 is 0 Å². The van der Waals surface area contributed by atoms with Gasteiger partial charge in [0.15, 0.2) is 5.78 Å². The van der Waals surface area contributed by atoms with E-state index in [-0.39, 0.29) is 15.4 Å². The zero-order chi connectivity index (χ0) is 13.0. The Morgan fingerprint density at radius 2 is 1.44 bits per heavy atom. The number of thiophene rings is 2. The zero-order valence-electron chi connectivity index (χ0n) is 9.51. The molecule has 96 valence electrons. The van der Waals surface area contributed by atoms with Crippen LogP contribution in [0.15, 0.2) is 35.0 Å². The Labute approximate surface area is 131 Å². The molecule has 0 N–H and O–H groups in total. The van der Waals surface area contributed by atoms with Gasteiger partial charge in [-0.15, -0.1) is 22.7 Å². The van der Waals surface area contributed by atoms with Gasteiger partial charge in [0.1, 0.15) is 0 Å². The van der Waals surface area contributed by atoms with E-state index < -0.39 is 0 Å². The lowest BCUT2D eigenvalue weighted by Crippen LogP contribution is -2.26. The molecule has 0 aliphatic carbocycles. The van der Waals surface area contributed by atoms with Gasteiger partial charge in [0.05, 0.1) is 9.65 Å². The molecule has 18 heavy (non-hydrogen) atoms. The molecule has 0 aliphatic rings. The van der Waals surface area contributed by atoms with Crippen LogP contribution in [-0.4, -0.2) is 15.4 Å². The van der Waals surface area contributed by atoms with Crippen molar-refractivity contribution >= 4 is 60.3 Å². The van der Waals surface area contributed by atoms with Crippen LogP contribution in [0, 0.1) is 0 Å². The zero-order valence-corrected chi connectivity index (χ0v) is 14.3. The van der Waals surface area contributed by atoms with Crippen molar-refractivity contribution in [2.75, 3.05) is 0 Å². The third-order valence-corrected chi connectivity index (χ3v) is 5.89. The van der Waals surface area contributed by atoms with Crippen LogP contribution in [0.3, 0.4) is 0 Å². The number of carbonyl (C=O) groups excluding carboxylic acids is 1. The topological polar surface area (TPSA) is 17.1 Å². The van der Waals surface area contributed by atoms with Gasteiger partial charge in [0.2, 0.25) is 0 Å². The molecule has 2 aromatic rings. The summed E-state index contributed by atoms with van der Waals surface area (Å²) in [6.07, 6.45) is 1.53. The highest BCUT2D eigenvalue weighted by Crippen LogP contribution is 2.22. The van der Waals surface area contributed by atoms with Crippen molar-refractivity contribution in [2.45, 2.75) is 22.5 Å². The predicted molar refractivity (Wildman–Crippen MR) is 86.5 cm³/mol. The standard InChI is InChI=1S/C13H12Br2OS2/c14-11(7-9-3-1-5-17-9)13(16)12(15)8-10-4-2-6-18-10/h1-6,11-12H,7-8H2. The number of alkyl halides is 2. The molecular formula is C13H12Br2OS2. The highest BCUT2D eigenvalue weighted by Gasteiger charge is 2.23. The van der Waals surface area contributed by atoms with Crippen molar-refractivity contribution in [1.29, 1.82) is 0 Å². The molecule has 0 fully saturated rings. The molecule has 1 nitrogen and oxygen atoms in total. The number of carbonyl (C=O) groups is 1. The van der Waals surface area contributed by atoms with Crippen molar-refractivity contribution in [1.82, 2.24) is 0 Å². The molecule has 0 bridgehead atoms. The van der Waals surface area contributed by atoms with E-state index in [1.54, 1.807) is 22.7 Å². The van der Waals surface area contributed by atoms with E-state index in [4.69, 9.17) is 0 Å². The number of ketones is 1. The molecule has 0 saturated heterocycles. The first-order valence-electron chi connectivity index (χ1n) is 5.53. The van der Waals surface area contributed by atoms with Gasteiger partial charge in [-0.1, -0.05) is 44.0 Å². The van der Waals surface area contributed by atoms with Crippen LogP contribution < -0.4 is 0 Å². The lowest BCUT2D eigenvalue weighted by molar-refractivity contribution is -0.117. The van der Waals surface area contributed by atoms with Gasteiger partial charge in [-0.05, 0) is 22.9 Å². The van der Waals surface area contributed by atoms with Crippen LogP contribution in [0.2, 0.25) is 0 Å². The summed E-state index contributed by atoms with van der Waals surface area (Å²) in [4.78, 5) is 14.5. The summed E-state index contributed by atoms with van der Waals surface area (Å²) in [5.74, 6) is 0.219. The summed E-state index contributed by atoms with van der Waals surface area (Å²) < 4.78 is 0. The Balaban J connectivity index is 1.89. The maximum Gasteiger partial charge on any atom is 0.160 e. The Hall–Kier alpha value is 0.0300. The summed E-state index contributed by atoms with van der Waals surface area (Å²) in [6.45, 7) is 0. The van der Waals surface area contributed by atoms with E-state index in [0.717, 1.165) is 12.8 Å². The summed E-state index contributed by atoms with van der Waals surface area (Å²) in [7, 11) is 0. The molecule has 0 radical (unpaired) electrons. The predicted octanol–water partition coefficient (Wildman–Crippen LogP) is 4.69. The molecule has 0 saturated carbocycles. The maximum atomic E-state index is 12.2. The largest absolute Gasteiger partial charge is 0.297 e. The fourth-order valence-electron chi connectivity index (χ4n) is 1.61. The van der Waals surface area contributed by atoms with Gasteiger partial charge in [-0.2, -0.15) is 0 Å². The number of halogens is 2. The van der Waals surface area contributed by atoms with E-state index in [0.29, 0.717) is 0 Å². The minimum atomic E-state index is -0.111.